The number of morpholine rings is 1. The van der Waals surface area contributed by atoms with Gasteiger partial charge in [-0.25, -0.2) is 23.2 Å². The molecule has 0 unspecified atom stereocenters. The predicted molar refractivity (Wildman–Crippen MR) is 116 cm³/mol. The minimum absolute atomic E-state index is 0.119. The topological polar surface area (TPSA) is 114 Å². The van der Waals surface area contributed by atoms with Gasteiger partial charge in [-0.05, 0) is 37.6 Å². The number of rotatable bonds is 5. The molecule has 0 spiro atoms. The molecule has 0 saturated carbocycles. The van der Waals surface area contributed by atoms with E-state index >= 15 is 0 Å². The van der Waals surface area contributed by atoms with Crippen molar-refractivity contribution in [2.45, 2.75) is 25.6 Å². The normalized spacial score (nSPS) is 16.9. The van der Waals surface area contributed by atoms with Crippen molar-refractivity contribution in [1.29, 1.82) is 0 Å². The Morgan fingerprint density at radius 2 is 2.07 bits per heavy atom. The number of hydrogen-bond donors (Lipinski definition) is 2. The largest absolute Gasteiger partial charge is 0.377 e. The molecule has 1 aromatic heterocycles. The summed E-state index contributed by atoms with van der Waals surface area (Å²) in [6.07, 6.45) is 1.19. The van der Waals surface area contributed by atoms with Crippen LogP contribution in [0.5, 0.6) is 0 Å². The highest BCUT2D eigenvalue weighted by Crippen LogP contribution is 2.26. The van der Waals surface area contributed by atoms with E-state index in [-0.39, 0.29) is 17.8 Å². The molecule has 1 atom stereocenters. The molecule has 0 radical (unpaired) electrons. The minimum Gasteiger partial charge on any atom is -0.377 e. The maximum absolute atomic E-state index is 11.9. The number of carbonyl (C=O) groups excluding carboxylic acids is 1. The Balaban J connectivity index is 2.02. The fourth-order valence-electron chi connectivity index (χ4n) is 3.30. The third-order valence-corrected chi connectivity index (χ3v) is 5.62. The molecule has 2 heterocycles. The monoisotopic (exact) mass is 433 g/mol. The molecular formula is C20H27N5O4S. The Morgan fingerprint density at radius 3 is 2.70 bits per heavy atom. The van der Waals surface area contributed by atoms with Gasteiger partial charge in [0.1, 0.15) is 5.82 Å². The quantitative estimate of drug-likeness (QED) is 0.741. The summed E-state index contributed by atoms with van der Waals surface area (Å²) in [4.78, 5) is 22.9. The van der Waals surface area contributed by atoms with E-state index in [1.54, 1.807) is 19.2 Å². The van der Waals surface area contributed by atoms with Crippen LogP contribution in [0.4, 0.5) is 16.3 Å². The van der Waals surface area contributed by atoms with E-state index in [0.29, 0.717) is 42.8 Å². The zero-order chi connectivity index (χ0) is 21.9. The first-order valence-corrected chi connectivity index (χ1v) is 11.7. The number of benzene rings is 1. The highest BCUT2D eigenvalue weighted by atomic mass is 32.2. The van der Waals surface area contributed by atoms with E-state index in [1.807, 2.05) is 26.0 Å². The van der Waals surface area contributed by atoms with Crippen LogP contribution in [0.1, 0.15) is 18.2 Å². The van der Waals surface area contributed by atoms with Crippen LogP contribution in [-0.2, 0) is 20.3 Å². The number of sulfone groups is 1. The number of amides is 2. The Kier molecular flexibility index (Phi) is 6.57. The van der Waals surface area contributed by atoms with Gasteiger partial charge in [-0.2, -0.15) is 0 Å². The standard InChI is InChI=1S/C20H27N5O4S/c1-13-9-15(5-6-17(13)23-20(26)21-3)19-22-16(12-30(4,27)28)10-18(24-19)25-7-8-29-11-14(25)2/h5-6,9-10,14H,7-8,11-12H2,1-4H3,(H2,21,23,26)/t14-/m0/s1. The number of carbonyl (C=O) groups is 1. The van der Waals surface area contributed by atoms with E-state index in [0.717, 1.165) is 11.1 Å². The van der Waals surface area contributed by atoms with Gasteiger partial charge < -0.3 is 20.3 Å². The van der Waals surface area contributed by atoms with Gasteiger partial charge in [0.2, 0.25) is 0 Å². The fraction of sp³-hybridized carbons (Fsp3) is 0.450. The van der Waals surface area contributed by atoms with Crippen LogP contribution in [0.3, 0.4) is 0 Å². The first-order chi connectivity index (χ1) is 14.2. The smallest absolute Gasteiger partial charge is 0.318 e. The van der Waals surface area contributed by atoms with E-state index in [1.165, 1.54) is 6.26 Å². The molecule has 0 bridgehead atoms. The average molecular weight is 434 g/mol. The summed E-state index contributed by atoms with van der Waals surface area (Å²) in [6, 6.07) is 7.01. The molecule has 2 amide bonds. The van der Waals surface area contributed by atoms with Crippen LogP contribution in [-0.4, -0.2) is 63.5 Å². The third-order valence-electron chi connectivity index (χ3n) is 4.80. The van der Waals surface area contributed by atoms with E-state index in [2.05, 4.69) is 20.5 Å². The number of urea groups is 1. The van der Waals surface area contributed by atoms with Crippen molar-refractivity contribution in [3.63, 3.8) is 0 Å². The molecule has 0 aliphatic carbocycles. The van der Waals surface area contributed by atoms with Crippen LogP contribution in [0.25, 0.3) is 11.4 Å². The zero-order valence-electron chi connectivity index (χ0n) is 17.6. The molecule has 162 valence electrons. The molecule has 9 nitrogen and oxygen atoms in total. The van der Waals surface area contributed by atoms with E-state index in [4.69, 9.17) is 9.72 Å². The molecule has 1 aliphatic heterocycles. The lowest BCUT2D eigenvalue weighted by Gasteiger charge is -2.34. The summed E-state index contributed by atoms with van der Waals surface area (Å²) in [5.74, 6) is 0.961. The summed E-state index contributed by atoms with van der Waals surface area (Å²) in [7, 11) is -1.71. The Morgan fingerprint density at radius 1 is 1.30 bits per heavy atom. The minimum atomic E-state index is -3.26. The number of ether oxygens (including phenoxy) is 1. The molecule has 3 rings (SSSR count). The maximum Gasteiger partial charge on any atom is 0.318 e. The van der Waals surface area contributed by atoms with Crippen LogP contribution in [0.2, 0.25) is 0 Å². The van der Waals surface area contributed by atoms with Crippen molar-refractivity contribution in [3.8, 4) is 11.4 Å². The fourth-order valence-corrected chi connectivity index (χ4v) is 3.98. The van der Waals surface area contributed by atoms with E-state index in [9.17, 15) is 13.2 Å². The van der Waals surface area contributed by atoms with Crippen molar-refractivity contribution in [3.05, 3.63) is 35.5 Å². The molecule has 2 aromatic rings. The molecule has 1 saturated heterocycles. The second kappa shape index (κ2) is 8.97. The van der Waals surface area contributed by atoms with Crippen LogP contribution >= 0.6 is 0 Å². The van der Waals surface area contributed by atoms with Gasteiger partial charge in [0.15, 0.2) is 15.7 Å². The third kappa shape index (κ3) is 5.45. The summed E-state index contributed by atoms with van der Waals surface area (Å²) in [6.45, 7) is 5.76. The lowest BCUT2D eigenvalue weighted by atomic mass is 10.1. The second-order valence-electron chi connectivity index (χ2n) is 7.46. The number of aryl methyl sites for hydroxylation is 1. The van der Waals surface area contributed by atoms with Gasteiger partial charge >= 0.3 is 6.03 Å². The molecule has 1 fully saturated rings. The second-order valence-corrected chi connectivity index (χ2v) is 9.60. The summed E-state index contributed by atoms with van der Waals surface area (Å²) in [5.41, 5.74) is 2.70. The van der Waals surface area contributed by atoms with Gasteiger partial charge in [0, 0.05) is 37.2 Å². The predicted octanol–water partition coefficient (Wildman–Crippen LogP) is 1.97. The molecular weight excluding hydrogens is 406 g/mol. The van der Waals surface area contributed by atoms with Crippen LogP contribution in [0.15, 0.2) is 24.3 Å². The Hall–Kier alpha value is -2.72. The van der Waals surface area contributed by atoms with Crippen molar-refractivity contribution < 1.29 is 17.9 Å². The number of nitrogens with one attached hydrogen (secondary N) is 2. The molecule has 1 aromatic carbocycles. The summed E-state index contributed by atoms with van der Waals surface area (Å²) in [5, 5.41) is 5.27. The van der Waals surface area contributed by atoms with Crippen LogP contribution in [0, 0.1) is 6.92 Å². The number of aromatic nitrogens is 2. The average Bonchev–Trinajstić information content (AvgIpc) is 2.68. The van der Waals surface area contributed by atoms with Gasteiger partial charge in [0.05, 0.1) is 30.7 Å². The van der Waals surface area contributed by atoms with Crippen molar-refractivity contribution in [1.82, 2.24) is 15.3 Å². The lowest BCUT2D eigenvalue weighted by Crippen LogP contribution is -2.44. The Labute approximate surface area is 176 Å². The lowest BCUT2D eigenvalue weighted by molar-refractivity contribution is 0.0985. The van der Waals surface area contributed by atoms with Crippen molar-refractivity contribution in [2.24, 2.45) is 0 Å². The summed E-state index contributed by atoms with van der Waals surface area (Å²) >= 11 is 0. The maximum atomic E-state index is 11.9. The number of anilines is 2. The van der Waals surface area contributed by atoms with Crippen molar-refractivity contribution >= 4 is 27.4 Å². The Bertz CT molecular complexity index is 1040. The zero-order valence-corrected chi connectivity index (χ0v) is 18.4. The molecule has 1 aliphatic rings. The molecule has 2 N–H and O–H groups in total. The van der Waals surface area contributed by atoms with Gasteiger partial charge in [0.25, 0.3) is 0 Å². The van der Waals surface area contributed by atoms with Gasteiger partial charge in [-0.15, -0.1) is 0 Å². The van der Waals surface area contributed by atoms with E-state index < -0.39 is 9.84 Å². The van der Waals surface area contributed by atoms with Gasteiger partial charge in [-0.3, -0.25) is 0 Å². The highest BCUT2D eigenvalue weighted by molar-refractivity contribution is 7.89. The first-order valence-electron chi connectivity index (χ1n) is 9.66. The molecule has 10 heteroatoms. The SMILES string of the molecule is CNC(=O)Nc1ccc(-c2nc(CS(C)(=O)=O)cc(N3CCOC[C@@H]3C)n2)cc1C. The number of nitrogens with zero attached hydrogens (tertiary/aromatic N) is 3. The van der Waals surface area contributed by atoms with Crippen molar-refractivity contribution in [2.75, 3.05) is 43.3 Å². The highest BCUT2D eigenvalue weighted by Gasteiger charge is 2.22. The van der Waals surface area contributed by atoms with Crippen LogP contribution < -0.4 is 15.5 Å². The first kappa shape index (κ1) is 22.0. The number of hydrogen-bond acceptors (Lipinski definition) is 7. The summed E-state index contributed by atoms with van der Waals surface area (Å²) < 4.78 is 29.3. The van der Waals surface area contributed by atoms with Gasteiger partial charge in [-0.1, -0.05) is 0 Å². The molecule has 30 heavy (non-hydrogen) atoms.